The van der Waals surface area contributed by atoms with Gasteiger partial charge in [0.1, 0.15) is 46.8 Å². The molecule has 0 unspecified atom stereocenters. The lowest BCUT2D eigenvalue weighted by atomic mass is 9.84. The molecule has 0 fully saturated rings. The SMILES string of the molecule is CNc1nn(C)c2c(-c3ccc(C#CC(C)(C)O)nc3[C@H](Cc3cc(F)cc(F)c3)NC(=O)Cn3nc(C(F)F)c4c3C(F)(F)[C@@H]3C#C[C@H]43)ccc(Cl)c12. The molecule has 1 amide bonds. The lowest BCUT2D eigenvalue weighted by Gasteiger charge is -2.24. The monoisotopic (exact) mass is 765 g/mol. The number of amides is 1. The van der Waals surface area contributed by atoms with Crippen LogP contribution in [0.4, 0.5) is 32.2 Å². The molecular formula is C38H30ClF6N7O2. The summed E-state index contributed by atoms with van der Waals surface area (Å²) in [7, 11) is 3.36. The zero-order chi connectivity index (χ0) is 38.9. The number of rotatable bonds is 9. The van der Waals surface area contributed by atoms with Crippen molar-refractivity contribution in [1.29, 1.82) is 0 Å². The highest BCUT2D eigenvalue weighted by molar-refractivity contribution is 6.37. The van der Waals surface area contributed by atoms with Crippen LogP contribution in [0.1, 0.15) is 66.1 Å². The van der Waals surface area contributed by atoms with Gasteiger partial charge in [-0.1, -0.05) is 35.4 Å². The summed E-state index contributed by atoms with van der Waals surface area (Å²) < 4.78 is 90.3. The highest BCUT2D eigenvalue weighted by Crippen LogP contribution is 2.57. The van der Waals surface area contributed by atoms with Crippen molar-refractivity contribution in [2.24, 2.45) is 13.0 Å². The smallest absolute Gasteiger partial charge is 0.304 e. The largest absolute Gasteiger partial charge is 0.378 e. The minimum absolute atomic E-state index is 0.0954. The number of hydrogen-bond donors (Lipinski definition) is 3. The molecule has 3 heterocycles. The molecule has 9 nitrogen and oxygen atoms in total. The quantitative estimate of drug-likeness (QED) is 0.113. The molecule has 54 heavy (non-hydrogen) atoms. The van der Waals surface area contributed by atoms with Crippen molar-refractivity contribution in [2.75, 3.05) is 12.4 Å². The van der Waals surface area contributed by atoms with E-state index in [9.17, 15) is 27.5 Å². The number of nitrogens with zero attached hydrogens (tertiary/aromatic N) is 5. The molecule has 0 saturated carbocycles. The number of anilines is 1. The summed E-state index contributed by atoms with van der Waals surface area (Å²) >= 11 is 6.62. The van der Waals surface area contributed by atoms with Crippen LogP contribution in [0.3, 0.4) is 0 Å². The van der Waals surface area contributed by atoms with E-state index in [2.05, 4.69) is 44.5 Å². The van der Waals surface area contributed by atoms with Gasteiger partial charge in [0, 0.05) is 36.9 Å². The fourth-order valence-corrected chi connectivity index (χ4v) is 7.19. The van der Waals surface area contributed by atoms with E-state index in [0.717, 1.165) is 12.1 Å². The Kier molecular flexibility index (Phi) is 9.15. The molecular weight excluding hydrogens is 736 g/mol. The molecule has 0 aliphatic heterocycles. The number of fused-ring (bicyclic) bond motifs is 4. The summed E-state index contributed by atoms with van der Waals surface area (Å²) in [6, 6.07) is 8.13. The van der Waals surface area contributed by atoms with Crippen molar-refractivity contribution in [2.45, 2.75) is 56.7 Å². The van der Waals surface area contributed by atoms with Gasteiger partial charge in [0.2, 0.25) is 5.91 Å². The van der Waals surface area contributed by atoms with Crippen LogP contribution in [0.25, 0.3) is 22.0 Å². The summed E-state index contributed by atoms with van der Waals surface area (Å²) in [5, 5.41) is 25.2. The third-order valence-electron chi connectivity index (χ3n) is 9.18. The second-order valence-corrected chi connectivity index (χ2v) is 14.0. The number of alkyl halides is 4. The standard InChI is InChI=1S/C38H30ClF6N7O2/c1-37(2,54)12-11-21-5-6-22(23-8-10-26(39)30-33(23)51(4)50-36(30)46-3)31(47-21)27(15-18-13-19(40)16-20(41)14-18)48-28(53)17-52-34-29(32(49-52)35(42)43)24-7-9-25(24)38(34,44)45/h5-6,8,10,13-14,16,24-25,27,35,54H,15,17H2,1-4H3,(H,46,50)(H,48,53)/t24-,25+,27-/m0/s1. The van der Waals surface area contributed by atoms with Crippen molar-refractivity contribution in [3.05, 3.63) is 93.0 Å². The van der Waals surface area contributed by atoms with Gasteiger partial charge in [0.05, 0.1) is 33.6 Å². The number of halogens is 7. The highest BCUT2D eigenvalue weighted by atomic mass is 35.5. The van der Waals surface area contributed by atoms with E-state index >= 15 is 8.78 Å². The Morgan fingerprint density at radius 3 is 2.41 bits per heavy atom. The number of nitrogens with one attached hydrogen (secondary N) is 2. The third kappa shape index (κ3) is 6.52. The first-order valence-corrected chi connectivity index (χ1v) is 17.0. The van der Waals surface area contributed by atoms with Crippen molar-refractivity contribution in [3.8, 4) is 34.8 Å². The fourth-order valence-electron chi connectivity index (χ4n) is 6.95. The Morgan fingerprint density at radius 2 is 1.78 bits per heavy atom. The van der Waals surface area contributed by atoms with Crippen molar-refractivity contribution in [3.63, 3.8) is 0 Å². The number of pyridine rings is 1. The normalized spacial score (nSPS) is 17.2. The molecule has 278 valence electrons. The van der Waals surface area contributed by atoms with Gasteiger partial charge in [0.15, 0.2) is 5.82 Å². The van der Waals surface area contributed by atoms with Crippen LogP contribution in [-0.4, -0.2) is 48.2 Å². The molecule has 0 radical (unpaired) electrons. The molecule has 2 aliphatic rings. The second kappa shape index (κ2) is 13.4. The number of carbonyl (C=O) groups excluding carboxylic acids is 1. The number of hydrogen-bond acceptors (Lipinski definition) is 6. The summed E-state index contributed by atoms with van der Waals surface area (Å²) in [4.78, 5) is 18.7. The molecule has 16 heteroatoms. The number of aliphatic hydroxyl groups is 1. The first-order chi connectivity index (χ1) is 25.5. The Balaban J connectivity index is 1.38. The predicted molar refractivity (Wildman–Crippen MR) is 188 cm³/mol. The van der Waals surface area contributed by atoms with Gasteiger partial charge in [0.25, 0.3) is 6.43 Å². The molecule has 7 rings (SSSR count). The van der Waals surface area contributed by atoms with E-state index < -0.39 is 71.3 Å². The zero-order valence-electron chi connectivity index (χ0n) is 29.0. The fraction of sp³-hybridized carbons (Fsp3) is 0.316. The topological polar surface area (TPSA) is 110 Å². The zero-order valence-corrected chi connectivity index (χ0v) is 29.8. The average molecular weight is 766 g/mol. The maximum absolute atomic E-state index is 15.5. The van der Waals surface area contributed by atoms with Crippen LogP contribution in [0.2, 0.25) is 5.02 Å². The Labute approximate surface area is 309 Å². The summed E-state index contributed by atoms with van der Waals surface area (Å²) in [5.74, 6) is 1.74. The van der Waals surface area contributed by atoms with Gasteiger partial charge in [-0.15, -0.1) is 0 Å². The molecule has 3 aromatic heterocycles. The Morgan fingerprint density at radius 1 is 1.07 bits per heavy atom. The molecule has 0 spiro atoms. The maximum Gasteiger partial charge on any atom is 0.304 e. The molecule has 0 saturated heterocycles. The summed E-state index contributed by atoms with van der Waals surface area (Å²) in [6.07, 6.45) is -3.48. The van der Waals surface area contributed by atoms with Crippen LogP contribution in [0, 0.1) is 41.2 Å². The van der Waals surface area contributed by atoms with Crippen LogP contribution in [0.5, 0.6) is 0 Å². The molecule has 2 aromatic carbocycles. The predicted octanol–water partition coefficient (Wildman–Crippen LogP) is 6.79. The van der Waals surface area contributed by atoms with Crippen LogP contribution >= 0.6 is 11.6 Å². The van der Waals surface area contributed by atoms with E-state index in [1.54, 1.807) is 43.0 Å². The minimum atomic E-state index is -3.65. The average Bonchev–Trinajstić information content (AvgIpc) is 3.65. The first-order valence-electron chi connectivity index (χ1n) is 16.6. The van der Waals surface area contributed by atoms with Crippen molar-refractivity contribution < 1.29 is 36.2 Å². The van der Waals surface area contributed by atoms with Gasteiger partial charge in [-0.3, -0.25) is 14.2 Å². The van der Waals surface area contributed by atoms with Crippen molar-refractivity contribution in [1.82, 2.24) is 29.9 Å². The molecule has 3 atom stereocenters. The minimum Gasteiger partial charge on any atom is -0.378 e. The number of aromatic nitrogens is 5. The lowest BCUT2D eigenvalue weighted by molar-refractivity contribution is -0.123. The van der Waals surface area contributed by atoms with E-state index in [-0.39, 0.29) is 28.9 Å². The highest BCUT2D eigenvalue weighted by Gasteiger charge is 2.60. The molecule has 0 bridgehead atoms. The van der Waals surface area contributed by atoms with E-state index in [0.29, 0.717) is 43.6 Å². The number of carbonyl (C=O) groups is 1. The number of benzene rings is 2. The Hall–Kier alpha value is -5.51. The van der Waals surface area contributed by atoms with Gasteiger partial charge < -0.3 is 15.7 Å². The number of aryl methyl sites for hydroxylation is 1. The van der Waals surface area contributed by atoms with Gasteiger partial charge in [-0.05, 0) is 62.1 Å². The Bertz CT molecular complexity index is 2460. The van der Waals surface area contributed by atoms with Crippen LogP contribution in [-0.2, 0) is 30.7 Å². The molecule has 2 aliphatic carbocycles. The first kappa shape index (κ1) is 36.8. The maximum atomic E-state index is 15.5. The van der Waals surface area contributed by atoms with E-state index in [1.807, 2.05) is 0 Å². The second-order valence-electron chi connectivity index (χ2n) is 13.6. The third-order valence-corrected chi connectivity index (χ3v) is 9.49. The van der Waals surface area contributed by atoms with Gasteiger partial charge >= 0.3 is 5.92 Å². The van der Waals surface area contributed by atoms with E-state index in [1.165, 1.54) is 13.8 Å². The van der Waals surface area contributed by atoms with Gasteiger partial charge in [-0.25, -0.2) is 22.5 Å². The molecule has 3 N–H and O–H groups in total. The summed E-state index contributed by atoms with van der Waals surface area (Å²) in [5.41, 5.74) is -1.65. The lowest BCUT2D eigenvalue weighted by Crippen LogP contribution is -2.36. The molecule has 5 aromatic rings. The van der Waals surface area contributed by atoms with Crippen LogP contribution in [0.15, 0.2) is 42.5 Å². The van der Waals surface area contributed by atoms with E-state index in [4.69, 9.17) is 16.6 Å². The van der Waals surface area contributed by atoms with Gasteiger partial charge in [-0.2, -0.15) is 19.0 Å². The summed E-state index contributed by atoms with van der Waals surface area (Å²) in [6.45, 7) is 2.02. The van der Waals surface area contributed by atoms with Crippen molar-refractivity contribution >= 4 is 34.2 Å². The van der Waals surface area contributed by atoms with Crippen LogP contribution < -0.4 is 10.6 Å².